The molecule has 0 unspecified atom stereocenters. The zero-order valence-electron chi connectivity index (χ0n) is 7.71. The first-order valence-electron chi connectivity index (χ1n) is 4.43. The zero-order chi connectivity index (χ0) is 9.68. The summed E-state index contributed by atoms with van der Waals surface area (Å²) in [6, 6.07) is 0. The number of carbonyl (C=O) groups is 2. The third-order valence-electron chi connectivity index (χ3n) is 1.83. The number of thioether (sulfide) groups is 1. The number of hydrogen-bond donors (Lipinski definition) is 1. The molecule has 0 radical (unpaired) electrons. The van der Waals surface area contributed by atoms with Crippen molar-refractivity contribution >= 4 is 22.9 Å². The molecule has 0 aromatic rings. The van der Waals surface area contributed by atoms with Gasteiger partial charge in [0, 0.05) is 6.54 Å². The number of amides is 2. The first kappa shape index (κ1) is 10.5. The number of hydrogen-bond acceptors (Lipinski definition) is 4. The van der Waals surface area contributed by atoms with E-state index in [0.29, 0.717) is 12.3 Å². The highest BCUT2D eigenvalue weighted by Gasteiger charge is 2.28. The van der Waals surface area contributed by atoms with Crippen molar-refractivity contribution in [2.75, 3.05) is 25.4 Å². The van der Waals surface area contributed by atoms with Crippen molar-refractivity contribution in [3.05, 3.63) is 0 Å². The van der Waals surface area contributed by atoms with Crippen LogP contribution in [0.3, 0.4) is 0 Å². The zero-order valence-corrected chi connectivity index (χ0v) is 8.52. The molecule has 0 atom stereocenters. The van der Waals surface area contributed by atoms with Crippen LogP contribution in [-0.2, 0) is 4.79 Å². The summed E-state index contributed by atoms with van der Waals surface area (Å²) in [5.41, 5.74) is 0. The van der Waals surface area contributed by atoms with Crippen LogP contribution in [0.4, 0.5) is 4.79 Å². The van der Waals surface area contributed by atoms with Crippen LogP contribution in [0.25, 0.3) is 0 Å². The minimum Gasteiger partial charge on any atom is -0.317 e. The van der Waals surface area contributed by atoms with E-state index in [-0.39, 0.29) is 11.1 Å². The van der Waals surface area contributed by atoms with Crippen molar-refractivity contribution in [3.8, 4) is 0 Å². The Morgan fingerprint density at radius 2 is 2.31 bits per heavy atom. The Morgan fingerprint density at radius 1 is 1.54 bits per heavy atom. The van der Waals surface area contributed by atoms with Crippen LogP contribution < -0.4 is 5.32 Å². The maximum absolute atomic E-state index is 11.1. The molecule has 1 fully saturated rings. The number of imide groups is 1. The highest BCUT2D eigenvalue weighted by atomic mass is 32.2. The van der Waals surface area contributed by atoms with Crippen molar-refractivity contribution in [2.45, 2.75) is 13.3 Å². The van der Waals surface area contributed by atoms with Crippen molar-refractivity contribution in [3.63, 3.8) is 0 Å². The second kappa shape index (κ2) is 5.24. The largest absolute Gasteiger partial charge is 0.317 e. The molecule has 1 heterocycles. The van der Waals surface area contributed by atoms with Crippen LogP contribution in [-0.4, -0.2) is 41.4 Å². The molecule has 1 aliphatic rings. The van der Waals surface area contributed by atoms with Crippen LogP contribution >= 0.6 is 11.8 Å². The van der Waals surface area contributed by atoms with Crippen molar-refractivity contribution in [1.82, 2.24) is 10.2 Å². The van der Waals surface area contributed by atoms with E-state index in [4.69, 9.17) is 0 Å². The molecule has 1 saturated heterocycles. The summed E-state index contributed by atoms with van der Waals surface area (Å²) in [4.78, 5) is 23.5. The predicted molar refractivity (Wildman–Crippen MR) is 52.7 cm³/mol. The summed E-state index contributed by atoms with van der Waals surface area (Å²) in [6.07, 6.45) is 0.839. The molecule has 2 amide bonds. The average Bonchev–Trinajstić information content (AvgIpc) is 2.42. The lowest BCUT2D eigenvalue weighted by molar-refractivity contribution is -0.124. The molecular formula is C8H14N2O2S. The second-order valence-electron chi connectivity index (χ2n) is 2.81. The van der Waals surface area contributed by atoms with Crippen LogP contribution in [0.5, 0.6) is 0 Å². The van der Waals surface area contributed by atoms with Gasteiger partial charge in [0.25, 0.3) is 5.24 Å². The standard InChI is InChI=1S/C8H14N2O2S/c1-2-9-4-3-5-10-7(11)6-13-8(10)12/h9H,2-6H2,1H3. The molecular weight excluding hydrogens is 188 g/mol. The molecule has 74 valence electrons. The number of carbonyl (C=O) groups excluding carboxylic acids is 2. The lowest BCUT2D eigenvalue weighted by Gasteiger charge is -2.11. The van der Waals surface area contributed by atoms with E-state index in [1.165, 1.54) is 4.90 Å². The van der Waals surface area contributed by atoms with Crippen molar-refractivity contribution in [1.29, 1.82) is 0 Å². The molecule has 0 bridgehead atoms. The van der Waals surface area contributed by atoms with E-state index in [1.54, 1.807) is 0 Å². The summed E-state index contributed by atoms with van der Waals surface area (Å²) in [6.45, 7) is 4.37. The fourth-order valence-corrected chi connectivity index (χ4v) is 1.89. The number of rotatable bonds is 5. The van der Waals surface area contributed by atoms with Crippen molar-refractivity contribution < 1.29 is 9.59 Å². The summed E-state index contributed by atoms with van der Waals surface area (Å²) >= 11 is 1.09. The average molecular weight is 202 g/mol. The van der Waals surface area contributed by atoms with Crippen LogP contribution in [0.15, 0.2) is 0 Å². The van der Waals surface area contributed by atoms with Gasteiger partial charge in [-0.25, -0.2) is 0 Å². The van der Waals surface area contributed by atoms with Crippen molar-refractivity contribution in [2.24, 2.45) is 0 Å². The van der Waals surface area contributed by atoms with E-state index >= 15 is 0 Å². The Bertz CT molecular complexity index is 192. The third kappa shape index (κ3) is 3.00. The lowest BCUT2D eigenvalue weighted by atomic mass is 10.4. The molecule has 0 aromatic heterocycles. The first-order valence-corrected chi connectivity index (χ1v) is 5.42. The molecule has 0 spiro atoms. The smallest absolute Gasteiger partial charge is 0.288 e. The molecule has 0 saturated carbocycles. The Labute approximate surface area is 82.0 Å². The second-order valence-corrected chi connectivity index (χ2v) is 3.73. The fraction of sp³-hybridized carbons (Fsp3) is 0.750. The molecule has 0 aromatic carbocycles. The fourth-order valence-electron chi connectivity index (χ4n) is 1.14. The van der Waals surface area contributed by atoms with Gasteiger partial charge >= 0.3 is 0 Å². The molecule has 1 N–H and O–H groups in total. The van der Waals surface area contributed by atoms with Gasteiger partial charge < -0.3 is 5.32 Å². The van der Waals surface area contributed by atoms with Crippen LogP contribution in [0, 0.1) is 0 Å². The first-order chi connectivity index (χ1) is 6.25. The Kier molecular flexibility index (Phi) is 4.24. The predicted octanol–water partition coefficient (Wildman–Crippen LogP) is 0.681. The Morgan fingerprint density at radius 3 is 2.85 bits per heavy atom. The van der Waals surface area contributed by atoms with Gasteiger partial charge in [-0.2, -0.15) is 0 Å². The van der Waals surface area contributed by atoms with Crippen LogP contribution in [0.2, 0.25) is 0 Å². The monoisotopic (exact) mass is 202 g/mol. The SMILES string of the molecule is CCNCCCN1C(=O)CSC1=O. The van der Waals surface area contributed by atoms with Crippen LogP contribution in [0.1, 0.15) is 13.3 Å². The minimum atomic E-state index is -0.0958. The van der Waals surface area contributed by atoms with Gasteiger partial charge in [-0.15, -0.1) is 0 Å². The van der Waals surface area contributed by atoms with Gasteiger partial charge in [0.15, 0.2) is 0 Å². The molecule has 0 aliphatic carbocycles. The highest BCUT2D eigenvalue weighted by Crippen LogP contribution is 2.18. The Balaban J connectivity index is 2.20. The molecule has 1 rings (SSSR count). The van der Waals surface area contributed by atoms with Gasteiger partial charge in [0.1, 0.15) is 0 Å². The van der Waals surface area contributed by atoms with E-state index in [2.05, 4.69) is 5.32 Å². The van der Waals surface area contributed by atoms with E-state index in [0.717, 1.165) is 31.3 Å². The maximum atomic E-state index is 11.1. The van der Waals surface area contributed by atoms with E-state index < -0.39 is 0 Å². The van der Waals surface area contributed by atoms with E-state index in [1.807, 2.05) is 6.92 Å². The Hall–Kier alpha value is -0.550. The van der Waals surface area contributed by atoms with Gasteiger partial charge in [0.05, 0.1) is 5.75 Å². The van der Waals surface area contributed by atoms with Gasteiger partial charge in [-0.05, 0) is 19.5 Å². The summed E-state index contributed by atoms with van der Waals surface area (Å²) in [5.74, 6) is 0.270. The molecule has 1 aliphatic heterocycles. The lowest BCUT2D eigenvalue weighted by Crippen LogP contribution is -2.31. The molecule has 4 nitrogen and oxygen atoms in total. The molecule has 13 heavy (non-hydrogen) atoms. The summed E-state index contributed by atoms with van der Waals surface area (Å²) in [7, 11) is 0. The topological polar surface area (TPSA) is 49.4 Å². The van der Waals surface area contributed by atoms with Gasteiger partial charge in [-0.1, -0.05) is 18.7 Å². The van der Waals surface area contributed by atoms with E-state index in [9.17, 15) is 9.59 Å². The normalized spacial score (nSPS) is 17.2. The number of nitrogens with one attached hydrogen (secondary N) is 1. The van der Waals surface area contributed by atoms with Gasteiger partial charge in [-0.3, -0.25) is 14.5 Å². The summed E-state index contributed by atoms with van der Waals surface area (Å²) < 4.78 is 0. The minimum absolute atomic E-state index is 0.0495. The number of nitrogens with zero attached hydrogens (tertiary/aromatic N) is 1. The maximum Gasteiger partial charge on any atom is 0.288 e. The summed E-state index contributed by atoms with van der Waals surface area (Å²) in [5, 5.41) is 3.05. The van der Waals surface area contributed by atoms with Gasteiger partial charge in [0.2, 0.25) is 5.91 Å². The quantitative estimate of drug-likeness (QED) is 0.666. The molecule has 5 heteroatoms. The highest BCUT2D eigenvalue weighted by molar-refractivity contribution is 8.14. The third-order valence-corrected chi connectivity index (χ3v) is 2.68.